The van der Waals surface area contributed by atoms with Crippen LogP contribution in [0.25, 0.3) is 0 Å². The molecular weight excluding hydrogens is 208 g/mol. The van der Waals surface area contributed by atoms with E-state index in [4.69, 9.17) is 5.11 Å². The van der Waals surface area contributed by atoms with Crippen LogP contribution in [0.15, 0.2) is 24.4 Å². The summed E-state index contributed by atoms with van der Waals surface area (Å²) in [6, 6.07) is 5.38. The normalized spacial score (nSPS) is 16.5. The van der Waals surface area contributed by atoms with Gasteiger partial charge in [0.25, 0.3) is 0 Å². The van der Waals surface area contributed by atoms with E-state index in [1.165, 1.54) is 0 Å². The summed E-state index contributed by atoms with van der Waals surface area (Å²) in [6.45, 7) is 0.273. The third kappa shape index (κ3) is 1.88. The maximum Gasteiger partial charge on any atom is 0.319 e. The number of hydrogen-bond acceptors (Lipinski definition) is 3. The van der Waals surface area contributed by atoms with Crippen molar-refractivity contribution in [2.24, 2.45) is 5.41 Å². The summed E-state index contributed by atoms with van der Waals surface area (Å²) in [5, 5.41) is 11.5. The number of nitrogens with zero attached hydrogens (tertiary/aromatic N) is 1. The van der Waals surface area contributed by atoms with Gasteiger partial charge in [-0.2, -0.15) is 0 Å². The second-order valence-corrected chi connectivity index (χ2v) is 3.89. The highest BCUT2D eigenvalue weighted by atomic mass is 16.4. The van der Waals surface area contributed by atoms with E-state index in [0.29, 0.717) is 12.8 Å². The molecule has 0 unspecified atom stereocenters. The lowest BCUT2D eigenvalue weighted by atomic mass is 10.1. The lowest BCUT2D eigenvalue weighted by molar-refractivity contribution is -0.149. The van der Waals surface area contributed by atoms with Crippen LogP contribution in [0, 0.1) is 5.41 Å². The molecule has 1 aliphatic carbocycles. The standard InChI is InChI=1S/C11H12N2O3/c14-9(11(4-5-11)10(15)16)13-7-8-3-1-2-6-12-8/h1-3,6H,4-5,7H2,(H,13,14)(H,15,16). The monoisotopic (exact) mass is 220 g/mol. The smallest absolute Gasteiger partial charge is 0.319 e. The molecule has 1 fully saturated rings. The highest BCUT2D eigenvalue weighted by Gasteiger charge is 2.56. The molecule has 2 rings (SSSR count). The topological polar surface area (TPSA) is 79.3 Å². The van der Waals surface area contributed by atoms with Gasteiger partial charge in [-0.25, -0.2) is 0 Å². The Morgan fingerprint density at radius 2 is 2.19 bits per heavy atom. The van der Waals surface area contributed by atoms with Crippen LogP contribution in [0.3, 0.4) is 0 Å². The van der Waals surface area contributed by atoms with Gasteiger partial charge < -0.3 is 10.4 Å². The van der Waals surface area contributed by atoms with E-state index in [2.05, 4.69) is 10.3 Å². The molecule has 5 heteroatoms. The number of amides is 1. The van der Waals surface area contributed by atoms with Crippen molar-refractivity contribution < 1.29 is 14.7 Å². The lowest BCUT2D eigenvalue weighted by Gasteiger charge is -2.10. The van der Waals surface area contributed by atoms with Crippen molar-refractivity contribution in [3.05, 3.63) is 30.1 Å². The molecule has 1 aromatic heterocycles. The van der Waals surface area contributed by atoms with Crippen molar-refractivity contribution in [2.75, 3.05) is 0 Å². The number of rotatable bonds is 4. The highest BCUT2D eigenvalue weighted by molar-refractivity contribution is 6.04. The number of carboxylic acids is 1. The van der Waals surface area contributed by atoms with E-state index in [1.54, 1.807) is 18.3 Å². The van der Waals surface area contributed by atoms with Crippen molar-refractivity contribution in [3.63, 3.8) is 0 Å². The minimum atomic E-state index is -1.17. The summed E-state index contributed by atoms with van der Waals surface area (Å²) in [4.78, 5) is 26.5. The van der Waals surface area contributed by atoms with Crippen LogP contribution >= 0.6 is 0 Å². The molecule has 1 aromatic rings. The number of aromatic nitrogens is 1. The number of pyridine rings is 1. The summed E-state index contributed by atoms with van der Waals surface area (Å²) in [7, 11) is 0. The average Bonchev–Trinajstić information content (AvgIpc) is 3.08. The van der Waals surface area contributed by atoms with Crippen LogP contribution in [-0.2, 0) is 16.1 Å². The molecule has 0 radical (unpaired) electrons. The molecule has 0 saturated heterocycles. The Labute approximate surface area is 92.5 Å². The van der Waals surface area contributed by atoms with Gasteiger partial charge in [0.05, 0.1) is 12.2 Å². The van der Waals surface area contributed by atoms with Gasteiger partial charge in [-0.1, -0.05) is 6.07 Å². The predicted molar refractivity (Wildman–Crippen MR) is 55.4 cm³/mol. The summed E-state index contributed by atoms with van der Waals surface area (Å²) in [5.41, 5.74) is -0.452. The van der Waals surface area contributed by atoms with Crippen LogP contribution in [0.4, 0.5) is 0 Å². The van der Waals surface area contributed by atoms with E-state index in [9.17, 15) is 9.59 Å². The van der Waals surface area contributed by atoms with Crippen molar-refractivity contribution in [1.29, 1.82) is 0 Å². The number of carboxylic acid groups (broad SMARTS) is 1. The second kappa shape index (κ2) is 3.92. The fraction of sp³-hybridized carbons (Fsp3) is 0.364. The Hall–Kier alpha value is -1.91. The molecule has 0 spiro atoms. The molecule has 0 aromatic carbocycles. The van der Waals surface area contributed by atoms with Crippen molar-refractivity contribution in [1.82, 2.24) is 10.3 Å². The van der Waals surface area contributed by atoms with Gasteiger partial charge in [-0.15, -0.1) is 0 Å². The van der Waals surface area contributed by atoms with Gasteiger partial charge in [-0.05, 0) is 25.0 Å². The first-order valence-electron chi connectivity index (χ1n) is 5.07. The zero-order valence-corrected chi connectivity index (χ0v) is 8.64. The number of aliphatic carboxylic acids is 1. The Morgan fingerprint density at radius 1 is 1.44 bits per heavy atom. The molecule has 2 N–H and O–H groups in total. The first kappa shape index (κ1) is 10.6. The van der Waals surface area contributed by atoms with E-state index in [-0.39, 0.29) is 6.54 Å². The van der Waals surface area contributed by atoms with Crippen molar-refractivity contribution in [3.8, 4) is 0 Å². The molecule has 0 bridgehead atoms. The minimum absolute atomic E-state index is 0.273. The SMILES string of the molecule is O=C(O)C1(C(=O)NCc2ccccn2)CC1. The third-order valence-corrected chi connectivity index (χ3v) is 2.75. The highest BCUT2D eigenvalue weighted by Crippen LogP contribution is 2.46. The molecule has 0 atom stereocenters. The molecular formula is C11H12N2O3. The Morgan fingerprint density at radius 3 is 2.69 bits per heavy atom. The van der Waals surface area contributed by atoms with Crippen molar-refractivity contribution in [2.45, 2.75) is 19.4 Å². The molecule has 1 heterocycles. The largest absolute Gasteiger partial charge is 0.480 e. The average molecular weight is 220 g/mol. The molecule has 5 nitrogen and oxygen atoms in total. The summed E-state index contributed by atoms with van der Waals surface area (Å²) in [6.07, 6.45) is 2.48. The van der Waals surface area contributed by atoms with Crippen LogP contribution in [0.5, 0.6) is 0 Å². The molecule has 0 aliphatic heterocycles. The maximum atomic E-state index is 11.6. The third-order valence-electron chi connectivity index (χ3n) is 2.75. The Balaban J connectivity index is 1.92. The van der Waals surface area contributed by atoms with E-state index in [0.717, 1.165) is 5.69 Å². The fourth-order valence-electron chi connectivity index (χ4n) is 1.51. The van der Waals surface area contributed by atoms with Gasteiger partial charge in [0.2, 0.25) is 5.91 Å². The van der Waals surface area contributed by atoms with Crippen LogP contribution in [-0.4, -0.2) is 22.0 Å². The first-order chi connectivity index (χ1) is 7.65. The van der Waals surface area contributed by atoms with Crippen LogP contribution in [0.1, 0.15) is 18.5 Å². The van der Waals surface area contributed by atoms with Gasteiger partial charge in [0.15, 0.2) is 0 Å². The Kier molecular flexibility index (Phi) is 2.60. The summed E-state index contributed by atoms with van der Waals surface area (Å²) >= 11 is 0. The van der Waals surface area contributed by atoms with Gasteiger partial charge in [0.1, 0.15) is 5.41 Å². The number of carbonyl (C=O) groups excluding carboxylic acids is 1. The summed E-state index contributed by atoms with van der Waals surface area (Å²) in [5.74, 6) is -1.45. The lowest BCUT2D eigenvalue weighted by Crippen LogP contribution is -2.36. The van der Waals surface area contributed by atoms with E-state index in [1.807, 2.05) is 6.07 Å². The van der Waals surface area contributed by atoms with Crippen molar-refractivity contribution >= 4 is 11.9 Å². The molecule has 84 valence electrons. The van der Waals surface area contributed by atoms with Crippen LogP contribution in [0.2, 0.25) is 0 Å². The summed E-state index contributed by atoms with van der Waals surface area (Å²) < 4.78 is 0. The zero-order chi connectivity index (χ0) is 11.6. The fourth-order valence-corrected chi connectivity index (χ4v) is 1.51. The number of hydrogen-bond donors (Lipinski definition) is 2. The van der Waals surface area contributed by atoms with Crippen LogP contribution < -0.4 is 5.32 Å². The molecule has 1 saturated carbocycles. The zero-order valence-electron chi connectivity index (χ0n) is 8.64. The number of carbonyl (C=O) groups is 2. The van der Waals surface area contributed by atoms with Gasteiger partial charge in [-0.3, -0.25) is 14.6 Å². The molecule has 1 aliphatic rings. The van der Waals surface area contributed by atoms with E-state index < -0.39 is 17.3 Å². The molecule has 1 amide bonds. The maximum absolute atomic E-state index is 11.6. The molecule has 16 heavy (non-hydrogen) atoms. The number of nitrogens with one attached hydrogen (secondary N) is 1. The minimum Gasteiger partial charge on any atom is -0.480 e. The van der Waals surface area contributed by atoms with Gasteiger partial charge >= 0.3 is 5.97 Å². The van der Waals surface area contributed by atoms with E-state index >= 15 is 0 Å². The predicted octanol–water partition coefficient (Wildman–Crippen LogP) is 0.563. The quantitative estimate of drug-likeness (QED) is 0.727. The first-order valence-corrected chi connectivity index (χ1v) is 5.07. The Bertz CT molecular complexity index is 412. The van der Waals surface area contributed by atoms with Gasteiger partial charge in [0, 0.05) is 6.20 Å². The second-order valence-electron chi connectivity index (χ2n) is 3.89.